The Morgan fingerprint density at radius 2 is 1.85 bits per heavy atom. The van der Waals surface area contributed by atoms with E-state index < -0.39 is 0 Å². The SMILES string of the molecule is Cc1ccc(-c2ccc(CS)c(=O)n2C(C)C)c(C)c1. The van der Waals surface area contributed by atoms with Gasteiger partial charge in [-0.25, -0.2) is 0 Å². The fourth-order valence-corrected chi connectivity index (χ4v) is 2.79. The Balaban J connectivity index is 2.74. The molecule has 0 amide bonds. The first-order valence-corrected chi connectivity index (χ1v) is 7.52. The maximum atomic E-state index is 12.5. The highest BCUT2D eigenvalue weighted by molar-refractivity contribution is 7.79. The first-order chi connectivity index (χ1) is 9.45. The van der Waals surface area contributed by atoms with Gasteiger partial charge >= 0.3 is 0 Å². The number of aromatic nitrogens is 1. The molecule has 0 radical (unpaired) electrons. The van der Waals surface area contributed by atoms with Crippen molar-refractivity contribution >= 4 is 12.6 Å². The molecule has 1 aromatic heterocycles. The van der Waals surface area contributed by atoms with Crippen molar-refractivity contribution in [3.8, 4) is 11.3 Å². The molecule has 0 aliphatic heterocycles. The van der Waals surface area contributed by atoms with E-state index in [4.69, 9.17) is 0 Å². The monoisotopic (exact) mass is 287 g/mol. The van der Waals surface area contributed by atoms with E-state index in [0.717, 1.165) is 16.8 Å². The van der Waals surface area contributed by atoms with Crippen LogP contribution in [0, 0.1) is 13.8 Å². The van der Waals surface area contributed by atoms with E-state index in [1.54, 1.807) is 0 Å². The Labute approximate surface area is 125 Å². The van der Waals surface area contributed by atoms with E-state index in [1.165, 1.54) is 11.1 Å². The summed E-state index contributed by atoms with van der Waals surface area (Å²) in [4.78, 5) is 12.5. The van der Waals surface area contributed by atoms with Gasteiger partial charge in [0, 0.05) is 22.9 Å². The molecule has 20 heavy (non-hydrogen) atoms. The summed E-state index contributed by atoms with van der Waals surface area (Å²) in [6, 6.07) is 10.4. The molecule has 0 atom stereocenters. The van der Waals surface area contributed by atoms with E-state index in [1.807, 2.05) is 30.5 Å². The molecule has 0 saturated carbocycles. The van der Waals surface area contributed by atoms with Crippen LogP contribution in [0.4, 0.5) is 0 Å². The lowest BCUT2D eigenvalue weighted by atomic mass is 10.0. The number of aryl methyl sites for hydroxylation is 2. The highest BCUT2D eigenvalue weighted by Gasteiger charge is 2.13. The molecule has 2 nitrogen and oxygen atoms in total. The number of hydrogen-bond donors (Lipinski definition) is 1. The minimum absolute atomic E-state index is 0.0625. The van der Waals surface area contributed by atoms with E-state index in [2.05, 4.69) is 44.7 Å². The van der Waals surface area contributed by atoms with E-state index in [-0.39, 0.29) is 11.6 Å². The highest BCUT2D eigenvalue weighted by atomic mass is 32.1. The van der Waals surface area contributed by atoms with E-state index >= 15 is 0 Å². The third-order valence-corrected chi connectivity index (χ3v) is 3.88. The predicted molar refractivity (Wildman–Crippen MR) is 88.7 cm³/mol. The normalized spacial score (nSPS) is 11.1. The molecule has 0 aliphatic rings. The Bertz CT molecular complexity index is 686. The van der Waals surface area contributed by atoms with Gasteiger partial charge in [-0.1, -0.05) is 29.8 Å². The molecule has 0 fully saturated rings. The molecule has 106 valence electrons. The topological polar surface area (TPSA) is 22.0 Å². The average molecular weight is 287 g/mol. The van der Waals surface area contributed by atoms with Crippen molar-refractivity contribution in [1.82, 2.24) is 4.57 Å². The first-order valence-electron chi connectivity index (χ1n) is 6.88. The van der Waals surface area contributed by atoms with Crippen LogP contribution in [-0.2, 0) is 5.75 Å². The van der Waals surface area contributed by atoms with Crippen LogP contribution in [0.2, 0.25) is 0 Å². The third kappa shape index (κ3) is 2.68. The van der Waals surface area contributed by atoms with Crippen molar-refractivity contribution in [3.63, 3.8) is 0 Å². The molecule has 2 aromatic rings. The van der Waals surface area contributed by atoms with Crippen LogP contribution in [0.25, 0.3) is 11.3 Å². The number of pyridine rings is 1. The van der Waals surface area contributed by atoms with Crippen molar-refractivity contribution in [3.05, 3.63) is 57.4 Å². The van der Waals surface area contributed by atoms with Crippen molar-refractivity contribution in [2.45, 2.75) is 39.5 Å². The van der Waals surface area contributed by atoms with Crippen LogP contribution in [0.5, 0.6) is 0 Å². The van der Waals surface area contributed by atoms with Crippen LogP contribution < -0.4 is 5.56 Å². The summed E-state index contributed by atoms with van der Waals surface area (Å²) < 4.78 is 1.86. The molecule has 0 unspecified atom stereocenters. The summed E-state index contributed by atoms with van der Waals surface area (Å²) >= 11 is 4.24. The van der Waals surface area contributed by atoms with E-state index in [9.17, 15) is 4.79 Å². The van der Waals surface area contributed by atoms with Crippen molar-refractivity contribution in [2.24, 2.45) is 0 Å². The lowest BCUT2D eigenvalue weighted by Crippen LogP contribution is -2.26. The van der Waals surface area contributed by atoms with Crippen LogP contribution in [0.1, 0.15) is 36.6 Å². The molecule has 1 heterocycles. The zero-order chi connectivity index (χ0) is 14.9. The Morgan fingerprint density at radius 3 is 2.40 bits per heavy atom. The maximum Gasteiger partial charge on any atom is 0.255 e. The molecular weight excluding hydrogens is 266 g/mol. The van der Waals surface area contributed by atoms with Gasteiger partial charge in [0.25, 0.3) is 5.56 Å². The quantitative estimate of drug-likeness (QED) is 0.842. The van der Waals surface area contributed by atoms with Crippen LogP contribution >= 0.6 is 12.6 Å². The van der Waals surface area contributed by atoms with Gasteiger partial charge in [0.15, 0.2) is 0 Å². The van der Waals surface area contributed by atoms with Gasteiger partial charge in [0.05, 0.1) is 5.69 Å². The third-order valence-electron chi connectivity index (χ3n) is 3.54. The van der Waals surface area contributed by atoms with Gasteiger partial charge in [-0.3, -0.25) is 4.79 Å². The highest BCUT2D eigenvalue weighted by Crippen LogP contribution is 2.25. The lowest BCUT2D eigenvalue weighted by Gasteiger charge is -2.19. The van der Waals surface area contributed by atoms with Crippen LogP contribution in [-0.4, -0.2) is 4.57 Å². The Hall–Kier alpha value is -1.48. The number of thiol groups is 1. The van der Waals surface area contributed by atoms with E-state index in [0.29, 0.717) is 5.75 Å². The van der Waals surface area contributed by atoms with Gasteiger partial charge in [-0.05, 0) is 39.3 Å². The minimum Gasteiger partial charge on any atom is -0.306 e. The smallest absolute Gasteiger partial charge is 0.255 e. The summed E-state index contributed by atoms with van der Waals surface area (Å²) in [6.45, 7) is 8.24. The number of rotatable bonds is 3. The molecular formula is C17H21NOS. The molecule has 2 rings (SSSR count). The predicted octanol–water partition coefficient (Wildman–Crippen LogP) is 4.14. The van der Waals surface area contributed by atoms with Gasteiger partial charge in [-0.2, -0.15) is 12.6 Å². The standard InChI is InChI=1S/C17H21NOS/c1-11(2)18-16(8-6-14(10-20)17(18)19)15-7-5-12(3)9-13(15)4/h5-9,11,20H,10H2,1-4H3. The molecule has 0 bridgehead atoms. The van der Waals surface area contributed by atoms with Crippen molar-refractivity contribution in [2.75, 3.05) is 0 Å². The van der Waals surface area contributed by atoms with Crippen molar-refractivity contribution in [1.29, 1.82) is 0 Å². The second kappa shape index (κ2) is 5.88. The zero-order valence-corrected chi connectivity index (χ0v) is 13.4. The minimum atomic E-state index is 0.0625. The van der Waals surface area contributed by atoms with Gasteiger partial charge < -0.3 is 4.57 Å². The largest absolute Gasteiger partial charge is 0.306 e. The molecule has 0 saturated heterocycles. The fraction of sp³-hybridized carbons (Fsp3) is 0.353. The van der Waals surface area contributed by atoms with Gasteiger partial charge in [0.2, 0.25) is 0 Å². The Morgan fingerprint density at radius 1 is 1.15 bits per heavy atom. The number of hydrogen-bond acceptors (Lipinski definition) is 2. The molecule has 0 N–H and O–H groups in total. The fourth-order valence-electron chi connectivity index (χ4n) is 2.55. The zero-order valence-electron chi connectivity index (χ0n) is 12.5. The summed E-state index contributed by atoms with van der Waals surface area (Å²) in [5.41, 5.74) is 5.33. The van der Waals surface area contributed by atoms with Gasteiger partial charge in [-0.15, -0.1) is 0 Å². The number of benzene rings is 1. The number of nitrogens with zero attached hydrogens (tertiary/aromatic N) is 1. The summed E-state index contributed by atoms with van der Waals surface area (Å²) in [7, 11) is 0. The van der Waals surface area contributed by atoms with Crippen LogP contribution in [0.3, 0.4) is 0 Å². The second-order valence-electron chi connectivity index (χ2n) is 5.49. The molecule has 0 aliphatic carbocycles. The van der Waals surface area contributed by atoms with Crippen molar-refractivity contribution < 1.29 is 0 Å². The average Bonchev–Trinajstić information content (AvgIpc) is 2.38. The van der Waals surface area contributed by atoms with Crippen LogP contribution in [0.15, 0.2) is 35.1 Å². The molecule has 1 aromatic carbocycles. The Kier molecular flexibility index (Phi) is 4.39. The lowest BCUT2D eigenvalue weighted by molar-refractivity contribution is 0.581. The first kappa shape index (κ1) is 14.9. The summed E-state index contributed by atoms with van der Waals surface area (Å²) in [6.07, 6.45) is 0. The molecule has 0 spiro atoms. The second-order valence-corrected chi connectivity index (χ2v) is 5.81. The van der Waals surface area contributed by atoms with Gasteiger partial charge in [0.1, 0.15) is 0 Å². The molecule has 3 heteroatoms. The summed E-state index contributed by atoms with van der Waals surface area (Å²) in [5, 5.41) is 0. The maximum absolute atomic E-state index is 12.5. The summed E-state index contributed by atoms with van der Waals surface area (Å²) in [5.74, 6) is 0.471.